The first-order chi connectivity index (χ1) is 5.79. The summed E-state index contributed by atoms with van der Waals surface area (Å²) in [4.78, 5) is 0. The maximum absolute atomic E-state index is 3.51. The zero-order valence-electron chi connectivity index (χ0n) is 6.61. The smallest absolute Gasteiger partial charge is 0.129 e. The highest BCUT2D eigenvalue weighted by Gasteiger charge is 2.28. The number of halogens is 2. The van der Waals surface area contributed by atoms with Gasteiger partial charge in [0.05, 0.1) is 0 Å². The maximum atomic E-state index is 3.51. The van der Waals surface area contributed by atoms with Crippen molar-refractivity contribution in [2.75, 3.05) is 0 Å². The van der Waals surface area contributed by atoms with Gasteiger partial charge >= 0.3 is 0 Å². The third-order valence-corrected chi connectivity index (χ3v) is 4.25. The summed E-state index contributed by atoms with van der Waals surface area (Å²) in [6.45, 7) is 0. The van der Waals surface area contributed by atoms with Crippen LogP contribution in [0.15, 0.2) is 9.21 Å². The van der Waals surface area contributed by atoms with Gasteiger partial charge in [-0.15, -0.1) is 5.53 Å². The summed E-state index contributed by atoms with van der Waals surface area (Å²) in [6.07, 6.45) is 5.26. The quantitative estimate of drug-likeness (QED) is 0.726. The summed E-state index contributed by atoms with van der Waals surface area (Å²) in [6, 6.07) is 0.641. The second-order valence-corrected chi connectivity index (χ2v) is 4.69. The van der Waals surface area contributed by atoms with Crippen molar-refractivity contribution in [1.29, 1.82) is 0 Å². The van der Waals surface area contributed by atoms with Crippen LogP contribution in [0.4, 0.5) is 0 Å². The number of hydrogen-bond donors (Lipinski definition) is 2. The summed E-state index contributed by atoms with van der Waals surface area (Å²) in [5, 5.41) is 2.15. The van der Waals surface area contributed by atoms with E-state index in [1.165, 1.54) is 25.7 Å². The third kappa shape index (κ3) is 1.49. The fourth-order valence-corrected chi connectivity index (χ4v) is 2.49. The Balaban J connectivity index is 2.05. The van der Waals surface area contributed by atoms with E-state index in [-0.39, 0.29) is 0 Å². The second kappa shape index (κ2) is 3.55. The summed E-state index contributed by atoms with van der Waals surface area (Å²) >= 11 is 6.92. The van der Waals surface area contributed by atoms with Crippen molar-refractivity contribution in [3.05, 3.63) is 9.21 Å². The Hall–Kier alpha value is 0.260. The van der Waals surface area contributed by atoms with Gasteiger partial charge in [0.25, 0.3) is 0 Å². The minimum atomic E-state index is 0.641. The minimum Gasteiger partial charge on any atom is -0.295 e. The van der Waals surface area contributed by atoms with Crippen LogP contribution in [0.2, 0.25) is 0 Å². The first-order valence-corrected chi connectivity index (χ1v) is 5.74. The molecule has 68 valence electrons. The Morgan fingerprint density at radius 3 is 2.42 bits per heavy atom. The summed E-state index contributed by atoms with van der Waals surface area (Å²) < 4.78 is 2.06. The number of nitrogens with one attached hydrogen (secondary N) is 2. The highest BCUT2D eigenvalue weighted by molar-refractivity contribution is 9.14. The average Bonchev–Trinajstić information content (AvgIpc) is 2.64. The SMILES string of the molecule is BrC1=C(Br)N(C2CCCC2)NN1. The first kappa shape index (κ1) is 8.84. The third-order valence-electron chi connectivity index (χ3n) is 2.37. The van der Waals surface area contributed by atoms with Gasteiger partial charge in [-0.1, -0.05) is 12.8 Å². The van der Waals surface area contributed by atoms with Crippen LogP contribution in [0.1, 0.15) is 25.7 Å². The lowest BCUT2D eigenvalue weighted by Gasteiger charge is -2.24. The molecule has 1 aliphatic heterocycles. The normalized spacial score (nSPS) is 25.3. The largest absolute Gasteiger partial charge is 0.295 e. The Morgan fingerprint density at radius 2 is 1.92 bits per heavy atom. The molecule has 5 heteroatoms. The monoisotopic (exact) mass is 295 g/mol. The molecule has 0 unspecified atom stereocenters. The molecule has 12 heavy (non-hydrogen) atoms. The summed E-state index contributed by atoms with van der Waals surface area (Å²) in [7, 11) is 0. The van der Waals surface area contributed by atoms with Crippen LogP contribution in [-0.2, 0) is 0 Å². The van der Waals surface area contributed by atoms with Crippen LogP contribution in [0, 0.1) is 0 Å². The van der Waals surface area contributed by atoms with Crippen molar-refractivity contribution in [1.82, 2.24) is 16.0 Å². The molecule has 0 aromatic carbocycles. The van der Waals surface area contributed by atoms with Crippen LogP contribution < -0.4 is 11.0 Å². The van der Waals surface area contributed by atoms with E-state index in [0.29, 0.717) is 6.04 Å². The molecule has 0 amide bonds. The van der Waals surface area contributed by atoms with Crippen LogP contribution in [0.5, 0.6) is 0 Å². The molecule has 0 aromatic rings. The fourth-order valence-electron chi connectivity index (χ4n) is 1.73. The van der Waals surface area contributed by atoms with Crippen LogP contribution in [0.3, 0.4) is 0 Å². The molecule has 0 spiro atoms. The van der Waals surface area contributed by atoms with Crippen molar-refractivity contribution in [2.45, 2.75) is 31.7 Å². The summed E-state index contributed by atoms with van der Waals surface area (Å²) in [5.74, 6) is 0. The summed E-state index contributed by atoms with van der Waals surface area (Å²) in [5.41, 5.74) is 6.14. The van der Waals surface area contributed by atoms with E-state index in [0.717, 1.165) is 9.21 Å². The zero-order chi connectivity index (χ0) is 8.55. The number of rotatable bonds is 1. The van der Waals surface area contributed by atoms with Crippen molar-refractivity contribution in [3.8, 4) is 0 Å². The topological polar surface area (TPSA) is 27.3 Å². The predicted octanol–water partition coefficient (Wildman–Crippen LogP) is 2.17. The van der Waals surface area contributed by atoms with Gasteiger partial charge < -0.3 is 0 Å². The van der Waals surface area contributed by atoms with Gasteiger partial charge in [0, 0.05) is 6.04 Å². The van der Waals surface area contributed by atoms with Crippen molar-refractivity contribution in [2.24, 2.45) is 0 Å². The fraction of sp³-hybridized carbons (Fsp3) is 0.714. The Bertz CT molecular complexity index is 211. The Labute approximate surface area is 88.8 Å². The lowest BCUT2D eigenvalue weighted by molar-refractivity contribution is 0.195. The molecule has 0 radical (unpaired) electrons. The van der Waals surface area contributed by atoms with E-state index in [9.17, 15) is 0 Å². The highest BCUT2D eigenvalue weighted by atomic mass is 79.9. The molecule has 2 aliphatic rings. The van der Waals surface area contributed by atoms with E-state index >= 15 is 0 Å². The van der Waals surface area contributed by atoms with Crippen LogP contribution in [-0.4, -0.2) is 11.1 Å². The van der Waals surface area contributed by atoms with Crippen molar-refractivity contribution < 1.29 is 0 Å². The molecular weight excluding hydrogens is 286 g/mol. The van der Waals surface area contributed by atoms with Gasteiger partial charge in [0.2, 0.25) is 0 Å². The Kier molecular flexibility index (Phi) is 2.62. The molecule has 1 aliphatic carbocycles. The number of nitrogens with zero attached hydrogens (tertiary/aromatic N) is 1. The predicted molar refractivity (Wildman–Crippen MR) is 55.2 cm³/mol. The van der Waals surface area contributed by atoms with Gasteiger partial charge in [-0.25, -0.2) is 0 Å². The zero-order valence-corrected chi connectivity index (χ0v) is 9.78. The molecule has 1 saturated carbocycles. The molecule has 3 nitrogen and oxygen atoms in total. The molecule has 0 aromatic heterocycles. The van der Waals surface area contributed by atoms with Gasteiger partial charge in [-0.05, 0) is 44.7 Å². The maximum Gasteiger partial charge on any atom is 0.129 e. The molecule has 1 fully saturated rings. The van der Waals surface area contributed by atoms with Crippen molar-refractivity contribution >= 4 is 31.9 Å². The number of hydrazine groups is 2. The Morgan fingerprint density at radius 1 is 1.25 bits per heavy atom. The lowest BCUT2D eigenvalue weighted by Crippen LogP contribution is -2.42. The minimum absolute atomic E-state index is 0.641. The second-order valence-electron chi connectivity index (χ2n) is 3.15. The van der Waals surface area contributed by atoms with Crippen molar-refractivity contribution in [3.63, 3.8) is 0 Å². The van der Waals surface area contributed by atoms with Gasteiger partial charge in [-0.2, -0.15) is 0 Å². The molecule has 1 heterocycles. The molecular formula is C7H11Br2N3. The first-order valence-electron chi connectivity index (χ1n) is 4.15. The van der Waals surface area contributed by atoms with Gasteiger partial charge in [0.15, 0.2) is 0 Å². The van der Waals surface area contributed by atoms with Crippen LogP contribution >= 0.6 is 31.9 Å². The van der Waals surface area contributed by atoms with Crippen LogP contribution in [0.25, 0.3) is 0 Å². The number of hydrogen-bond acceptors (Lipinski definition) is 3. The van der Waals surface area contributed by atoms with Gasteiger partial charge in [0.1, 0.15) is 9.21 Å². The average molecular weight is 297 g/mol. The van der Waals surface area contributed by atoms with E-state index < -0.39 is 0 Å². The van der Waals surface area contributed by atoms with Gasteiger partial charge in [-0.3, -0.25) is 10.4 Å². The molecule has 0 atom stereocenters. The molecule has 2 N–H and O–H groups in total. The molecule has 0 saturated heterocycles. The standard InChI is InChI=1S/C7H11Br2N3/c8-6-7(9)12(11-10-6)5-3-1-2-4-5/h5,10-11H,1-4H2. The lowest BCUT2D eigenvalue weighted by atomic mass is 10.2. The molecule has 2 rings (SSSR count). The van der Waals surface area contributed by atoms with E-state index in [1.807, 2.05) is 0 Å². The van der Waals surface area contributed by atoms with E-state index in [2.05, 4.69) is 47.8 Å². The highest BCUT2D eigenvalue weighted by Crippen LogP contribution is 2.31. The molecule has 0 bridgehead atoms. The van der Waals surface area contributed by atoms with E-state index in [4.69, 9.17) is 0 Å². The van der Waals surface area contributed by atoms with E-state index in [1.54, 1.807) is 0 Å².